The number of carbonyl (C=O) groups excluding carboxylic acids is 1. The molecular formula is C7H12Br2O. The van der Waals surface area contributed by atoms with E-state index in [0.29, 0.717) is 5.33 Å². The number of rotatable bonds is 5. The average molecular weight is 272 g/mol. The Labute approximate surface area is 78.8 Å². The van der Waals surface area contributed by atoms with E-state index in [1.807, 2.05) is 0 Å². The molecule has 0 fully saturated rings. The van der Waals surface area contributed by atoms with Crippen molar-refractivity contribution in [1.82, 2.24) is 0 Å². The van der Waals surface area contributed by atoms with Crippen LogP contribution >= 0.6 is 31.9 Å². The molecule has 0 aromatic heterocycles. The number of hydrogen-bond acceptors (Lipinski definition) is 1. The van der Waals surface area contributed by atoms with Crippen molar-refractivity contribution in [3.8, 4) is 0 Å². The van der Waals surface area contributed by atoms with Crippen molar-refractivity contribution < 1.29 is 4.79 Å². The molecule has 0 saturated carbocycles. The molecule has 1 unspecified atom stereocenters. The van der Waals surface area contributed by atoms with Gasteiger partial charge in [-0.25, -0.2) is 0 Å². The highest BCUT2D eigenvalue weighted by molar-refractivity contribution is 9.10. The number of unbranched alkanes of at least 4 members (excludes halogenated alkanes) is 1. The molecule has 0 aliphatic heterocycles. The van der Waals surface area contributed by atoms with Crippen LogP contribution in [0.1, 0.15) is 26.2 Å². The Bertz CT molecular complexity index is 104. The molecule has 0 rings (SSSR count). The zero-order chi connectivity index (χ0) is 7.98. The van der Waals surface area contributed by atoms with Crippen LogP contribution < -0.4 is 0 Å². The zero-order valence-corrected chi connectivity index (χ0v) is 9.24. The summed E-state index contributed by atoms with van der Waals surface area (Å²) in [5, 5.41) is 0.465. The van der Waals surface area contributed by atoms with Gasteiger partial charge in [0, 0.05) is 0 Å². The summed E-state index contributed by atoms with van der Waals surface area (Å²) in [5.41, 5.74) is 0. The normalized spacial score (nSPS) is 13.1. The Morgan fingerprint density at radius 2 is 2.20 bits per heavy atom. The molecule has 1 nitrogen and oxygen atoms in total. The maximum atomic E-state index is 10.9. The summed E-state index contributed by atoms with van der Waals surface area (Å²) in [7, 11) is 0. The van der Waals surface area contributed by atoms with Crippen LogP contribution in [-0.2, 0) is 4.79 Å². The molecular weight excluding hydrogens is 260 g/mol. The standard InChI is InChI=1S/C7H12Br2O/c1-2-3-4-6(9)7(10)5-8/h6H,2-5H2,1H3. The van der Waals surface area contributed by atoms with Crippen molar-refractivity contribution in [2.75, 3.05) is 5.33 Å². The summed E-state index contributed by atoms with van der Waals surface area (Å²) < 4.78 is 0. The minimum Gasteiger partial charge on any atom is -0.298 e. The van der Waals surface area contributed by atoms with Gasteiger partial charge in [-0.15, -0.1) is 0 Å². The van der Waals surface area contributed by atoms with E-state index in [0.717, 1.165) is 19.3 Å². The van der Waals surface area contributed by atoms with Crippen LogP contribution in [0.25, 0.3) is 0 Å². The van der Waals surface area contributed by atoms with Crippen LogP contribution in [-0.4, -0.2) is 15.9 Å². The minimum absolute atomic E-state index is 0.0619. The van der Waals surface area contributed by atoms with Crippen molar-refractivity contribution in [1.29, 1.82) is 0 Å². The van der Waals surface area contributed by atoms with Gasteiger partial charge in [-0.3, -0.25) is 4.79 Å². The molecule has 0 aromatic rings. The fourth-order valence-electron chi connectivity index (χ4n) is 0.628. The predicted octanol–water partition coefficient (Wildman–Crippen LogP) is 2.90. The summed E-state index contributed by atoms with van der Waals surface area (Å²) >= 11 is 6.45. The third kappa shape index (κ3) is 4.45. The second-order valence-corrected chi connectivity index (χ2v) is 3.88. The maximum Gasteiger partial charge on any atom is 0.156 e. The van der Waals surface area contributed by atoms with E-state index in [2.05, 4.69) is 38.8 Å². The molecule has 0 aromatic carbocycles. The molecule has 3 heteroatoms. The van der Waals surface area contributed by atoms with Gasteiger partial charge in [0.2, 0.25) is 0 Å². The first-order valence-electron chi connectivity index (χ1n) is 3.45. The number of alkyl halides is 2. The van der Waals surface area contributed by atoms with E-state index < -0.39 is 0 Å². The van der Waals surface area contributed by atoms with Crippen molar-refractivity contribution in [3.63, 3.8) is 0 Å². The van der Waals surface area contributed by atoms with Crippen LogP contribution in [0.4, 0.5) is 0 Å². The van der Waals surface area contributed by atoms with E-state index in [9.17, 15) is 4.79 Å². The molecule has 0 bridgehead atoms. The number of ketones is 1. The van der Waals surface area contributed by atoms with Gasteiger partial charge >= 0.3 is 0 Å². The average Bonchev–Trinajstić information content (AvgIpc) is 1.98. The summed E-state index contributed by atoms with van der Waals surface area (Å²) in [6, 6.07) is 0. The van der Waals surface area contributed by atoms with Crippen LogP contribution in [0.5, 0.6) is 0 Å². The van der Waals surface area contributed by atoms with E-state index >= 15 is 0 Å². The Kier molecular flexibility index (Phi) is 6.75. The first-order chi connectivity index (χ1) is 4.72. The maximum absolute atomic E-state index is 10.9. The molecule has 0 radical (unpaired) electrons. The fraction of sp³-hybridized carbons (Fsp3) is 0.857. The molecule has 0 N–H and O–H groups in total. The second-order valence-electron chi connectivity index (χ2n) is 2.21. The van der Waals surface area contributed by atoms with Crippen LogP contribution in [0.2, 0.25) is 0 Å². The summed E-state index contributed by atoms with van der Waals surface area (Å²) in [6.07, 6.45) is 3.23. The Hall–Kier alpha value is 0.630. The van der Waals surface area contributed by atoms with Crippen molar-refractivity contribution in [2.45, 2.75) is 31.0 Å². The van der Waals surface area contributed by atoms with Gasteiger partial charge in [0.1, 0.15) is 0 Å². The van der Waals surface area contributed by atoms with Crippen LogP contribution in [0.3, 0.4) is 0 Å². The third-order valence-corrected chi connectivity index (χ3v) is 2.81. The monoisotopic (exact) mass is 270 g/mol. The lowest BCUT2D eigenvalue weighted by atomic mass is 10.1. The molecule has 0 saturated heterocycles. The van der Waals surface area contributed by atoms with E-state index in [4.69, 9.17) is 0 Å². The zero-order valence-electron chi connectivity index (χ0n) is 6.07. The molecule has 1 atom stereocenters. The van der Waals surface area contributed by atoms with E-state index in [1.165, 1.54) is 0 Å². The topological polar surface area (TPSA) is 17.1 Å². The Balaban J connectivity index is 3.41. The lowest BCUT2D eigenvalue weighted by molar-refractivity contribution is -0.116. The van der Waals surface area contributed by atoms with E-state index in [1.54, 1.807) is 0 Å². The fourth-order valence-corrected chi connectivity index (χ4v) is 1.94. The molecule has 60 valence electrons. The minimum atomic E-state index is 0.0619. The highest BCUT2D eigenvalue weighted by atomic mass is 79.9. The Morgan fingerprint density at radius 1 is 1.60 bits per heavy atom. The quantitative estimate of drug-likeness (QED) is 0.703. The van der Waals surface area contributed by atoms with E-state index in [-0.39, 0.29) is 10.6 Å². The number of Topliss-reactive ketones (excluding diaryl/α,β-unsaturated/α-hetero) is 1. The molecule has 0 amide bonds. The largest absolute Gasteiger partial charge is 0.298 e. The van der Waals surface area contributed by atoms with Crippen LogP contribution in [0, 0.1) is 0 Å². The second kappa shape index (κ2) is 6.35. The lowest BCUT2D eigenvalue weighted by Gasteiger charge is -2.03. The van der Waals surface area contributed by atoms with Gasteiger partial charge in [0.05, 0.1) is 10.2 Å². The van der Waals surface area contributed by atoms with Gasteiger partial charge in [0.15, 0.2) is 5.78 Å². The highest BCUT2D eigenvalue weighted by Gasteiger charge is 2.11. The molecule has 0 spiro atoms. The lowest BCUT2D eigenvalue weighted by Crippen LogP contribution is -2.14. The number of hydrogen-bond donors (Lipinski definition) is 0. The summed E-state index contributed by atoms with van der Waals surface area (Å²) in [6.45, 7) is 2.12. The number of carbonyl (C=O) groups is 1. The molecule has 10 heavy (non-hydrogen) atoms. The molecule has 0 aliphatic rings. The van der Waals surface area contributed by atoms with Gasteiger partial charge in [-0.2, -0.15) is 0 Å². The first-order valence-corrected chi connectivity index (χ1v) is 5.48. The SMILES string of the molecule is CCCCC(Br)C(=O)CBr. The van der Waals surface area contributed by atoms with Gasteiger partial charge < -0.3 is 0 Å². The summed E-state index contributed by atoms with van der Waals surface area (Å²) in [4.78, 5) is 11.0. The van der Waals surface area contributed by atoms with Gasteiger partial charge in [0.25, 0.3) is 0 Å². The van der Waals surface area contributed by atoms with Crippen molar-refractivity contribution in [3.05, 3.63) is 0 Å². The summed E-state index contributed by atoms with van der Waals surface area (Å²) in [5.74, 6) is 0.244. The van der Waals surface area contributed by atoms with Gasteiger partial charge in [-0.05, 0) is 6.42 Å². The predicted molar refractivity (Wildman–Crippen MR) is 51.0 cm³/mol. The van der Waals surface area contributed by atoms with Gasteiger partial charge in [-0.1, -0.05) is 51.6 Å². The Morgan fingerprint density at radius 3 is 2.60 bits per heavy atom. The number of halogens is 2. The molecule has 0 heterocycles. The third-order valence-electron chi connectivity index (χ3n) is 1.29. The molecule has 0 aliphatic carbocycles. The van der Waals surface area contributed by atoms with Crippen molar-refractivity contribution >= 4 is 37.6 Å². The first kappa shape index (κ1) is 10.6. The smallest absolute Gasteiger partial charge is 0.156 e. The highest BCUT2D eigenvalue weighted by Crippen LogP contribution is 2.11. The van der Waals surface area contributed by atoms with Crippen molar-refractivity contribution in [2.24, 2.45) is 0 Å². The van der Waals surface area contributed by atoms with Crippen LogP contribution in [0.15, 0.2) is 0 Å².